The van der Waals surface area contributed by atoms with Crippen LogP contribution in [-0.2, 0) is 4.79 Å². The number of carbonyl (C=O) groups is 1. The van der Waals surface area contributed by atoms with Crippen molar-refractivity contribution in [3.8, 4) is 0 Å². The molecule has 0 spiro atoms. The Balaban J connectivity index is 2.46. The molecule has 0 aromatic rings. The lowest BCUT2D eigenvalue weighted by Crippen LogP contribution is -2.31. The molecule has 1 aliphatic rings. The van der Waals surface area contributed by atoms with E-state index in [0.717, 1.165) is 25.8 Å². The van der Waals surface area contributed by atoms with Gasteiger partial charge in [0.1, 0.15) is 0 Å². The fourth-order valence-electron chi connectivity index (χ4n) is 1.39. The van der Waals surface area contributed by atoms with Crippen LogP contribution in [-0.4, -0.2) is 23.4 Å². The van der Waals surface area contributed by atoms with Crippen LogP contribution in [0, 0.1) is 6.92 Å². The Morgan fingerprint density at radius 3 is 2.90 bits per heavy atom. The third kappa shape index (κ3) is 1.31. The van der Waals surface area contributed by atoms with E-state index < -0.39 is 0 Å². The molecular formula is C8H14NO. The fourth-order valence-corrected chi connectivity index (χ4v) is 1.39. The summed E-state index contributed by atoms with van der Waals surface area (Å²) in [6, 6.07) is 0.453. The zero-order valence-corrected chi connectivity index (χ0v) is 6.47. The molecule has 1 heterocycles. The molecule has 1 atom stereocenters. The van der Waals surface area contributed by atoms with Gasteiger partial charge in [-0.2, -0.15) is 0 Å². The number of hydrogen-bond acceptors (Lipinski definition) is 1. The van der Waals surface area contributed by atoms with Gasteiger partial charge in [0, 0.05) is 19.0 Å². The highest BCUT2D eigenvalue weighted by atomic mass is 16.2. The van der Waals surface area contributed by atoms with E-state index in [1.54, 1.807) is 0 Å². The Kier molecular flexibility index (Phi) is 2.30. The summed E-state index contributed by atoms with van der Waals surface area (Å²) in [5, 5.41) is 0. The van der Waals surface area contributed by atoms with Crippen molar-refractivity contribution in [2.75, 3.05) is 6.54 Å². The highest BCUT2D eigenvalue weighted by Gasteiger charge is 2.25. The van der Waals surface area contributed by atoms with Crippen LogP contribution in [0.1, 0.15) is 26.2 Å². The number of amides is 1. The first-order valence-electron chi connectivity index (χ1n) is 3.84. The summed E-state index contributed by atoms with van der Waals surface area (Å²) in [5.74, 6) is 0.302. The van der Waals surface area contributed by atoms with Crippen molar-refractivity contribution in [1.82, 2.24) is 4.90 Å². The number of hydrogen-bond donors (Lipinski definition) is 0. The van der Waals surface area contributed by atoms with Crippen LogP contribution in [0.25, 0.3) is 0 Å². The molecule has 1 fully saturated rings. The maximum atomic E-state index is 11.1. The molecule has 0 aromatic heterocycles. The monoisotopic (exact) mass is 140 g/mol. The molecule has 0 saturated carbocycles. The highest BCUT2D eigenvalue weighted by molar-refractivity contribution is 5.78. The van der Waals surface area contributed by atoms with E-state index >= 15 is 0 Å². The largest absolute Gasteiger partial charge is 0.340 e. The minimum absolute atomic E-state index is 0.302. The molecular weight excluding hydrogens is 126 g/mol. The third-order valence-corrected chi connectivity index (χ3v) is 2.03. The van der Waals surface area contributed by atoms with Gasteiger partial charge >= 0.3 is 0 Å². The van der Waals surface area contributed by atoms with Crippen molar-refractivity contribution >= 4 is 5.91 Å². The molecule has 1 amide bonds. The maximum Gasteiger partial charge on any atom is 0.222 e. The average Bonchev–Trinajstić information content (AvgIpc) is 2.20. The van der Waals surface area contributed by atoms with Crippen LogP contribution in [0.5, 0.6) is 0 Å². The second kappa shape index (κ2) is 3.04. The smallest absolute Gasteiger partial charge is 0.222 e. The van der Waals surface area contributed by atoms with E-state index in [1.807, 2.05) is 4.90 Å². The van der Waals surface area contributed by atoms with E-state index in [-0.39, 0.29) is 0 Å². The summed E-state index contributed by atoms with van der Waals surface area (Å²) in [7, 11) is 0. The summed E-state index contributed by atoms with van der Waals surface area (Å²) in [6.07, 6.45) is 2.59. The van der Waals surface area contributed by atoms with Crippen LogP contribution in [0.4, 0.5) is 0 Å². The van der Waals surface area contributed by atoms with Gasteiger partial charge in [0.25, 0.3) is 0 Å². The first-order chi connectivity index (χ1) is 4.75. The molecule has 2 nitrogen and oxygen atoms in total. The zero-order chi connectivity index (χ0) is 7.56. The number of nitrogens with zero attached hydrogens (tertiary/aromatic N) is 1. The summed E-state index contributed by atoms with van der Waals surface area (Å²) >= 11 is 0. The SMILES string of the molecule is [CH2]CCN1C(=O)CCC1C. The first kappa shape index (κ1) is 7.58. The minimum Gasteiger partial charge on any atom is -0.340 e. The summed E-state index contributed by atoms with van der Waals surface area (Å²) in [4.78, 5) is 13.0. The summed E-state index contributed by atoms with van der Waals surface area (Å²) in [6.45, 7) is 6.66. The van der Waals surface area contributed by atoms with E-state index in [0.29, 0.717) is 11.9 Å². The molecule has 1 saturated heterocycles. The van der Waals surface area contributed by atoms with Gasteiger partial charge in [-0.3, -0.25) is 4.79 Å². The lowest BCUT2D eigenvalue weighted by atomic mass is 10.2. The van der Waals surface area contributed by atoms with Crippen molar-refractivity contribution in [3.63, 3.8) is 0 Å². The highest BCUT2D eigenvalue weighted by Crippen LogP contribution is 2.17. The van der Waals surface area contributed by atoms with Gasteiger partial charge < -0.3 is 4.90 Å². The second-order valence-electron chi connectivity index (χ2n) is 2.83. The third-order valence-electron chi connectivity index (χ3n) is 2.03. The number of carbonyl (C=O) groups excluding carboxylic acids is 1. The van der Waals surface area contributed by atoms with Crippen molar-refractivity contribution in [3.05, 3.63) is 6.92 Å². The van der Waals surface area contributed by atoms with Crippen molar-refractivity contribution in [2.24, 2.45) is 0 Å². The molecule has 10 heavy (non-hydrogen) atoms. The first-order valence-corrected chi connectivity index (χ1v) is 3.84. The minimum atomic E-state index is 0.302. The lowest BCUT2D eigenvalue weighted by Gasteiger charge is -2.20. The number of likely N-dealkylation sites (tertiary alicyclic amines) is 1. The Hall–Kier alpha value is -0.530. The Morgan fingerprint density at radius 2 is 2.50 bits per heavy atom. The van der Waals surface area contributed by atoms with E-state index in [2.05, 4.69) is 13.8 Å². The Labute approximate surface area is 62.2 Å². The quantitative estimate of drug-likeness (QED) is 0.564. The van der Waals surface area contributed by atoms with E-state index in [9.17, 15) is 4.79 Å². The molecule has 0 aromatic carbocycles. The van der Waals surface area contributed by atoms with Gasteiger partial charge in [-0.25, -0.2) is 0 Å². The van der Waals surface area contributed by atoms with Crippen LogP contribution >= 0.6 is 0 Å². The average molecular weight is 140 g/mol. The second-order valence-corrected chi connectivity index (χ2v) is 2.83. The predicted octanol–water partition coefficient (Wildman–Crippen LogP) is 1.22. The van der Waals surface area contributed by atoms with Crippen LogP contribution in [0.2, 0.25) is 0 Å². The summed E-state index contributed by atoms with van der Waals surface area (Å²) in [5.41, 5.74) is 0. The van der Waals surface area contributed by atoms with Crippen LogP contribution in [0.15, 0.2) is 0 Å². The maximum absolute atomic E-state index is 11.1. The van der Waals surface area contributed by atoms with E-state index in [1.165, 1.54) is 0 Å². The molecule has 1 unspecified atom stereocenters. The molecule has 0 bridgehead atoms. The van der Waals surface area contributed by atoms with Crippen LogP contribution in [0.3, 0.4) is 0 Å². The van der Waals surface area contributed by atoms with Gasteiger partial charge in [-0.1, -0.05) is 6.92 Å². The van der Waals surface area contributed by atoms with Crippen molar-refractivity contribution in [1.29, 1.82) is 0 Å². The van der Waals surface area contributed by atoms with Gasteiger partial charge in [0.2, 0.25) is 5.91 Å². The van der Waals surface area contributed by atoms with Gasteiger partial charge in [-0.05, 0) is 19.8 Å². The fraction of sp³-hybridized carbons (Fsp3) is 0.750. The Bertz CT molecular complexity index is 133. The number of rotatable bonds is 2. The molecule has 57 valence electrons. The molecule has 1 aliphatic heterocycles. The van der Waals surface area contributed by atoms with Gasteiger partial charge in [-0.15, -0.1) is 0 Å². The molecule has 0 N–H and O–H groups in total. The summed E-state index contributed by atoms with van der Waals surface area (Å²) < 4.78 is 0. The standard InChI is InChI=1S/C8H14NO/c1-3-6-9-7(2)4-5-8(9)10/h7H,1,3-6H2,2H3. The van der Waals surface area contributed by atoms with Gasteiger partial charge in [0.05, 0.1) is 0 Å². The molecule has 2 heteroatoms. The van der Waals surface area contributed by atoms with Crippen molar-refractivity contribution in [2.45, 2.75) is 32.2 Å². The van der Waals surface area contributed by atoms with E-state index in [4.69, 9.17) is 0 Å². The topological polar surface area (TPSA) is 20.3 Å². The van der Waals surface area contributed by atoms with Crippen LogP contribution < -0.4 is 0 Å². The normalized spacial score (nSPS) is 26.0. The molecule has 1 rings (SSSR count). The molecule has 1 radical (unpaired) electrons. The molecule has 0 aliphatic carbocycles. The Morgan fingerprint density at radius 1 is 1.80 bits per heavy atom. The van der Waals surface area contributed by atoms with Crippen molar-refractivity contribution < 1.29 is 4.79 Å². The van der Waals surface area contributed by atoms with Gasteiger partial charge in [0.15, 0.2) is 0 Å². The predicted molar refractivity (Wildman–Crippen MR) is 40.4 cm³/mol. The zero-order valence-electron chi connectivity index (χ0n) is 6.47. The lowest BCUT2D eigenvalue weighted by molar-refractivity contribution is -0.128.